The number of benzene rings is 2. The van der Waals surface area contributed by atoms with Gasteiger partial charge in [0.2, 0.25) is 0 Å². The van der Waals surface area contributed by atoms with Gasteiger partial charge in [-0.2, -0.15) is 5.10 Å². The van der Waals surface area contributed by atoms with Crippen LogP contribution >= 0.6 is 0 Å². The van der Waals surface area contributed by atoms with Crippen LogP contribution in [0.2, 0.25) is 0 Å². The number of hydrogen-bond donors (Lipinski definition) is 3. The van der Waals surface area contributed by atoms with E-state index in [-0.39, 0.29) is 0 Å². The Kier molecular flexibility index (Phi) is 7.92. The first-order chi connectivity index (χ1) is 19.6. The zero-order valence-electron chi connectivity index (χ0n) is 22.8. The number of aliphatic hydroxyl groups excluding tert-OH is 1. The molecule has 1 saturated heterocycles. The number of piperidine rings is 1. The summed E-state index contributed by atoms with van der Waals surface area (Å²) in [6, 6.07) is 17.8. The Balaban J connectivity index is 1.03. The molecule has 3 heterocycles. The van der Waals surface area contributed by atoms with Crippen LogP contribution in [0.15, 0.2) is 67.0 Å². The number of nitrogens with one attached hydrogen (secondary N) is 2. The van der Waals surface area contributed by atoms with Gasteiger partial charge in [0.15, 0.2) is 5.82 Å². The van der Waals surface area contributed by atoms with Crippen molar-refractivity contribution in [3.63, 3.8) is 0 Å². The van der Waals surface area contributed by atoms with Crippen molar-refractivity contribution in [3.05, 3.63) is 72.6 Å². The summed E-state index contributed by atoms with van der Waals surface area (Å²) in [4.78, 5) is 11.8. The van der Waals surface area contributed by atoms with Crippen LogP contribution in [0.3, 0.4) is 0 Å². The summed E-state index contributed by atoms with van der Waals surface area (Å²) < 4.78 is 11.4. The number of methoxy groups -OCH3 is 1. The summed E-state index contributed by atoms with van der Waals surface area (Å²) in [6.07, 6.45) is 7.31. The van der Waals surface area contributed by atoms with Gasteiger partial charge in [0, 0.05) is 54.8 Å². The van der Waals surface area contributed by atoms with Gasteiger partial charge in [-0.25, -0.2) is 9.97 Å². The van der Waals surface area contributed by atoms with Crippen LogP contribution in [0.25, 0.3) is 22.6 Å². The smallest absolute Gasteiger partial charge is 0.161 e. The molecule has 0 bridgehead atoms. The number of nitrogens with zero attached hydrogens (tertiary/aromatic N) is 4. The molecule has 2 aromatic carbocycles. The minimum atomic E-state index is -0.779. The van der Waals surface area contributed by atoms with Gasteiger partial charge in [-0.05, 0) is 67.9 Å². The first kappa shape index (κ1) is 26.3. The maximum Gasteiger partial charge on any atom is 0.161 e. The largest absolute Gasteiger partial charge is 0.497 e. The van der Waals surface area contributed by atoms with Crippen LogP contribution < -0.4 is 19.7 Å². The van der Waals surface area contributed by atoms with Crippen molar-refractivity contribution in [1.29, 1.82) is 0 Å². The Hall–Kier alpha value is -3.95. The molecule has 0 radical (unpaired) electrons. The van der Waals surface area contributed by atoms with E-state index in [9.17, 15) is 5.11 Å². The number of ether oxygens (including phenoxy) is 2. The lowest BCUT2D eigenvalue weighted by atomic mass is 9.96. The van der Waals surface area contributed by atoms with Gasteiger partial charge in [0.1, 0.15) is 23.5 Å². The number of hydrogen-bond acceptors (Lipinski definition) is 8. The standard InChI is InChI=1S/C31H36N6O3/c1-39-26-16-25(17-27(18-26)40-20-22-5-6-22)31(38)33-19-21-9-13-37(14-10-21)29-8-11-32-30(35-29)24-4-2-3-23(15-24)28-7-12-34-36-28/h2-4,7-8,11-12,15-18,21-22,31,33,38H,5-6,9-10,13-14,19-20H2,1H3,(H,34,36). The highest BCUT2D eigenvalue weighted by atomic mass is 16.5. The summed E-state index contributed by atoms with van der Waals surface area (Å²) in [5.41, 5.74) is 3.75. The van der Waals surface area contributed by atoms with Gasteiger partial charge in [-0.1, -0.05) is 18.2 Å². The molecule has 9 heteroatoms. The molecule has 1 aliphatic carbocycles. The normalized spacial score (nSPS) is 16.6. The highest BCUT2D eigenvalue weighted by Gasteiger charge is 2.23. The van der Waals surface area contributed by atoms with Crippen LogP contribution in [0, 0.1) is 11.8 Å². The highest BCUT2D eigenvalue weighted by molar-refractivity contribution is 5.68. The fourth-order valence-electron chi connectivity index (χ4n) is 5.12. The molecule has 3 N–H and O–H groups in total. The van der Waals surface area contributed by atoms with Crippen LogP contribution in [-0.4, -0.2) is 58.6 Å². The molecule has 0 spiro atoms. The van der Waals surface area contributed by atoms with Gasteiger partial charge >= 0.3 is 0 Å². The van der Waals surface area contributed by atoms with Crippen molar-refractivity contribution < 1.29 is 14.6 Å². The molecule has 2 aliphatic rings. The summed E-state index contributed by atoms with van der Waals surface area (Å²) in [6.45, 7) is 3.27. The number of aromatic amines is 1. The van der Waals surface area contributed by atoms with E-state index in [0.717, 1.165) is 73.0 Å². The zero-order valence-corrected chi connectivity index (χ0v) is 22.8. The predicted octanol–water partition coefficient (Wildman–Crippen LogP) is 4.83. The van der Waals surface area contributed by atoms with Crippen molar-refractivity contribution in [3.8, 4) is 34.1 Å². The number of aliphatic hydroxyl groups is 1. The van der Waals surface area contributed by atoms with Crippen molar-refractivity contribution in [2.45, 2.75) is 31.9 Å². The quantitative estimate of drug-likeness (QED) is 0.232. The lowest BCUT2D eigenvalue weighted by Gasteiger charge is -2.33. The van der Waals surface area contributed by atoms with Gasteiger partial charge in [-0.3, -0.25) is 10.4 Å². The van der Waals surface area contributed by atoms with E-state index in [4.69, 9.17) is 14.5 Å². The monoisotopic (exact) mass is 540 g/mol. The number of rotatable bonds is 11. The molecule has 1 aliphatic heterocycles. The number of aromatic nitrogens is 4. The van der Waals surface area contributed by atoms with Gasteiger partial charge < -0.3 is 19.5 Å². The second-order valence-electron chi connectivity index (χ2n) is 10.7. The average molecular weight is 541 g/mol. The predicted molar refractivity (Wildman–Crippen MR) is 154 cm³/mol. The molecule has 2 fully saturated rings. The van der Waals surface area contributed by atoms with Gasteiger partial charge in [0.05, 0.1) is 19.4 Å². The Morgan fingerprint density at radius 3 is 2.58 bits per heavy atom. The SMILES string of the molecule is COc1cc(OCC2CC2)cc(C(O)NCC2CCN(c3ccnc(-c4cccc(-c5ccn[nH]5)c4)n3)CC2)c1. The van der Waals surface area contributed by atoms with E-state index in [1.165, 1.54) is 12.8 Å². The van der Waals surface area contributed by atoms with E-state index >= 15 is 0 Å². The fourth-order valence-corrected chi connectivity index (χ4v) is 5.12. The van der Waals surface area contributed by atoms with E-state index < -0.39 is 6.23 Å². The number of H-pyrrole nitrogens is 1. The zero-order chi connectivity index (χ0) is 27.3. The van der Waals surface area contributed by atoms with Crippen LogP contribution in [-0.2, 0) is 0 Å². The Morgan fingerprint density at radius 2 is 1.80 bits per heavy atom. The molecule has 4 aromatic rings. The second-order valence-corrected chi connectivity index (χ2v) is 10.7. The second kappa shape index (κ2) is 12.1. The molecule has 2 aromatic heterocycles. The van der Waals surface area contributed by atoms with Crippen LogP contribution in [0.5, 0.6) is 11.5 Å². The van der Waals surface area contributed by atoms with Crippen LogP contribution in [0.4, 0.5) is 5.82 Å². The third-order valence-corrected chi connectivity index (χ3v) is 7.75. The molecule has 40 heavy (non-hydrogen) atoms. The molecular formula is C31H36N6O3. The molecule has 208 valence electrons. The van der Waals surface area contributed by atoms with Crippen molar-refractivity contribution >= 4 is 5.82 Å². The van der Waals surface area contributed by atoms with E-state index in [2.05, 4.69) is 31.5 Å². The summed E-state index contributed by atoms with van der Waals surface area (Å²) in [5, 5.41) is 21.3. The molecule has 1 saturated carbocycles. The van der Waals surface area contributed by atoms with Crippen molar-refractivity contribution in [2.75, 3.05) is 38.3 Å². The summed E-state index contributed by atoms with van der Waals surface area (Å²) >= 11 is 0. The lowest BCUT2D eigenvalue weighted by Crippen LogP contribution is -2.38. The fraction of sp³-hybridized carbons (Fsp3) is 0.387. The number of anilines is 1. The van der Waals surface area contributed by atoms with Crippen LogP contribution in [0.1, 0.15) is 37.5 Å². The Labute approximate surface area is 234 Å². The summed E-state index contributed by atoms with van der Waals surface area (Å²) in [7, 11) is 1.64. The lowest BCUT2D eigenvalue weighted by molar-refractivity contribution is 0.129. The topological polar surface area (TPSA) is 108 Å². The molecule has 1 atom stereocenters. The first-order valence-electron chi connectivity index (χ1n) is 14.1. The third-order valence-electron chi connectivity index (χ3n) is 7.75. The van der Waals surface area contributed by atoms with E-state index in [0.29, 0.717) is 23.4 Å². The molecule has 6 rings (SSSR count). The average Bonchev–Trinajstić information content (AvgIpc) is 3.68. The molecule has 0 amide bonds. The van der Waals surface area contributed by atoms with E-state index in [1.54, 1.807) is 13.3 Å². The molecule has 1 unspecified atom stereocenters. The van der Waals surface area contributed by atoms with Crippen molar-refractivity contribution in [1.82, 2.24) is 25.5 Å². The van der Waals surface area contributed by atoms with Crippen molar-refractivity contribution in [2.24, 2.45) is 11.8 Å². The van der Waals surface area contributed by atoms with Gasteiger partial charge in [-0.15, -0.1) is 0 Å². The maximum absolute atomic E-state index is 10.9. The molecular weight excluding hydrogens is 504 g/mol. The minimum absolute atomic E-state index is 0.467. The highest BCUT2D eigenvalue weighted by Crippen LogP contribution is 2.32. The van der Waals surface area contributed by atoms with E-state index in [1.807, 2.05) is 54.7 Å². The Morgan fingerprint density at radius 1 is 0.975 bits per heavy atom. The molecule has 9 nitrogen and oxygen atoms in total. The first-order valence-corrected chi connectivity index (χ1v) is 14.1. The third kappa shape index (κ3) is 6.43. The van der Waals surface area contributed by atoms with Gasteiger partial charge in [0.25, 0.3) is 0 Å². The maximum atomic E-state index is 10.9. The Bertz CT molecular complexity index is 1400. The minimum Gasteiger partial charge on any atom is -0.497 e. The summed E-state index contributed by atoms with van der Waals surface area (Å²) in [5.74, 6) is 4.22.